The number of nitrogens with one attached hydrogen (secondary N) is 3. The molecule has 0 amide bonds. The maximum Gasteiger partial charge on any atom is 0.261 e. The van der Waals surface area contributed by atoms with Crippen LogP contribution in [0.15, 0.2) is 35.3 Å². The predicted molar refractivity (Wildman–Crippen MR) is 137 cm³/mol. The number of rotatable bonds is 6. The number of hydrogen-bond donors (Lipinski definition) is 3. The van der Waals surface area contributed by atoms with E-state index in [9.17, 15) is 4.79 Å². The number of H-pyrrole nitrogens is 1. The number of aromatic nitrogens is 3. The molecule has 9 heteroatoms. The molecule has 8 nitrogen and oxygen atoms in total. The Kier molecular flexibility index (Phi) is 6.87. The number of hydrogen-bond acceptors (Lipinski definition) is 7. The Labute approximate surface area is 204 Å². The van der Waals surface area contributed by atoms with Crippen LogP contribution in [0.2, 0.25) is 5.02 Å². The Hall–Kier alpha value is -2.84. The molecule has 3 N–H and O–H groups in total. The molecule has 1 aliphatic carbocycles. The monoisotopic (exact) mass is 482 g/mol. The molecule has 1 saturated heterocycles. The number of benzene rings is 1. The summed E-state index contributed by atoms with van der Waals surface area (Å²) in [5.41, 5.74) is 0.946. The standard InChI is InChI=1S/C25H31ClN6O2/c1-32-13-11-17(12-14-32)29-25-30-22-20(26)15-27-24(33)21(22)23(31-25)28-16-7-9-19(10-8-16)34-18-5-3-2-4-6-18/h7-10,15,17-18H,2-6,11-14H2,1H3,(H,27,33)(H2,28,29,30,31). The first-order valence-corrected chi connectivity index (χ1v) is 12.5. The average Bonchev–Trinajstić information content (AvgIpc) is 2.85. The Morgan fingerprint density at radius 3 is 2.53 bits per heavy atom. The van der Waals surface area contributed by atoms with Crippen LogP contribution in [0.25, 0.3) is 10.9 Å². The van der Waals surface area contributed by atoms with Gasteiger partial charge in [-0.1, -0.05) is 18.0 Å². The number of ether oxygens (including phenoxy) is 1. The van der Waals surface area contributed by atoms with Crippen LogP contribution in [-0.4, -0.2) is 52.1 Å². The summed E-state index contributed by atoms with van der Waals surface area (Å²) in [7, 11) is 2.13. The second-order valence-corrected chi connectivity index (χ2v) is 9.74. The van der Waals surface area contributed by atoms with Gasteiger partial charge in [0.2, 0.25) is 5.95 Å². The molecule has 2 aliphatic rings. The number of likely N-dealkylation sites (tertiary alicyclic amines) is 1. The van der Waals surface area contributed by atoms with Gasteiger partial charge in [-0.2, -0.15) is 4.98 Å². The summed E-state index contributed by atoms with van der Waals surface area (Å²) >= 11 is 6.41. The van der Waals surface area contributed by atoms with Crippen LogP contribution in [0.1, 0.15) is 44.9 Å². The quantitative estimate of drug-likeness (QED) is 0.458. The van der Waals surface area contributed by atoms with Crippen LogP contribution in [0.3, 0.4) is 0 Å². The summed E-state index contributed by atoms with van der Waals surface area (Å²) in [6.45, 7) is 2.04. The Balaban J connectivity index is 1.40. The first-order valence-electron chi connectivity index (χ1n) is 12.1. The highest BCUT2D eigenvalue weighted by Gasteiger charge is 2.20. The molecule has 3 heterocycles. The maximum absolute atomic E-state index is 12.7. The molecule has 0 unspecified atom stereocenters. The van der Waals surface area contributed by atoms with Gasteiger partial charge in [0.05, 0.1) is 11.1 Å². The van der Waals surface area contributed by atoms with Gasteiger partial charge in [-0.25, -0.2) is 4.98 Å². The molecule has 180 valence electrons. The van der Waals surface area contributed by atoms with Gasteiger partial charge in [0.15, 0.2) is 0 Å². The lowest BCUT2D eigenvalue weighted by Gasteiger charge is -2.29. The number of nitrogens with zero attached hydrogens (tertiary/aromatic N) is 3. The van der Waals surface area contributed by atoms with Gasteiger partial charge in [0, 0.05) is 17.9 Å². The van der Waals surface area contributed by atoms with E-state index in [1.807, 2.05) is 24.3 Å². The Bertz CT molecular complexity index is 1180. The van der Waals surface area contributed by atoms with Gasteiger partial charge in [-0.15, -0.1) is 0 Å². The summed E-state index contributed by atoms with van der Waals surface area (Å²) in [4.78, 5) is 26.9. The highest BCUT2D eigenvalue weighted by molar-refractivity contribution is 6.35. The van der Waals surface area contributed by atoms with E-state index in [1.165, 1.54) is 25.5 Å². The summed E-state index contributed by atoms with van der Waals surface area (Å²) in [5, 5.41) is 7.45. The van der Waals surface area contributed by atoms with Crippen molar-refractivity contribution >= 4 is 40.0 Å². The topological polar surface area (TPSA) is 95.2 Å². The molecule has 0 spiro atoms. The number of halogens is 1. The van der Waals surface area contributed by atoms with Crippen molar-refractivity contribution in [2.45, 2.75) is 57.1 Å². The van der Waals surface area contributed by atoms with E-state index in [1.54, 1.807) is 0 Å². The third-order valence-corrected chi connectivity index (χ3v) is 7.00. The van der Waals surface area contributed by atoms with Crippen LogP contribution in [0, 0.1) is 0 Å². The summed E-state index contributed by atoms with van der Waals surface area (Å²) in [5.74, 6) is 1.75. The van der Waals surface area contributed by atoms with E-state index in [0.717, 1.165) is 50.2 Å². The normalized spacial score (nSPS) is 18.2. The zero-order valence-corrected chi connectivity index (χ0v) is 20.2. The highest BCUT2D eigenvalue weighted by atomic mass is 35.5. The number of piperidine rings is 1. The fraction of sp³-hybridized carbons (Fsp3) is 0.480. The lowest BCUT2D eigenvalue weighted by Crippen LogP contribution is -2.37. The smallest absolute Gasteiger partial charge is 0.261 e. The van der Waals surface area contributed by atoms with E-state index in [4.69, 9.17) is 16.3 Å². The van der Waals surface area contributed by atoms with E-state index in [-0.39, 0.29) is 11.6 Å². The van der Waals surface area contributed by atoms with E-state index in [0.29, 0.717) is 33.8 Å². The second-order valence-electron chi connectivity index (χ2n) is 9.33. The van der Waals surface area contributed by atoms with Crippen molar-refractivity contribution in [3.63, 3.8) is 0 Å². The van der Waals surface area contributed by atoms with Crippen molar-refractivity contribution in [1.29, 1.82) is 0 Å². The predicted octanol–water partition coefficient (Wildman–Crippen LogP) is 4.93. The lowest BCUT2D eigenvalue weighted by molar-refractivity contribution is 0.155. The van der Waals surface area contributed by atoms with Crippen molar-refractivity contribution in [3.8, 4) is 5.75 Å². The van der Waals surface area contributed by atoms with Crippen LogP contribution >= 0.6 is 11.6 Å². The number of pyridine rings is 1. The van der Waals surface area contributed by atoms with Crippen LogP contribution < -0.4 is 20.9 Å². The summed E-state index contributed by atoms with van der Waals surface area (Å²) in [6.07, 6.45) is 9.78. The second kappa shape index (κ2) is 10.2. The average molecular weight is 483 g/mol. The van der Waals surface area contributed by atoms with Crippen molar-refractivity contribution in [3.05, 3.63) is 45.8 Å². The first kappa shape index (κ1) is 22.9. The Morgan fingerprint density at radius 2 is 1.79 bits per heavy atom. The van der Waals surface area contributed by atoms with Gasteiger partial charge >= 0.3 is 0 Å². The Morgan fingerprint density at radius 1 is 1.06 bits per heavy atom. The molecule has 34 heavy (non-hydrogen) atoms. The number of aromatic amines is 1. The molecule has 2 aromatic heterocycles. The molecule has 5 rings (SSSR count). The molecular weight excluding hydrogens is 452 g/mol. The van der Waals surface area contributed by atoms with E-state index in [2.05, 4.69) is 37.5 Å². The van der Waals surface area contributed by atoms with Gasteiger partial charge < -0.3 is 25.3 Å². The van der Waals surface area contributed by atoms with Crippen molar-refractivity contribution in [2.75, 3.05) is 30.8 Å². The van der Waals surface area contributed by atoms with E-state index >= 15 is 0 Å². The van der Waals surface area contributed by atoms with Crippen molar-refractivity contribution in [2.24, 2.45) is 0 Å². The maximum atomic E-state index is 12.7. The molecule has 3 aromatic rings. The largest absolute Gasteiger partial charge is 0.490 e. The zero-order valence-electron chi connectivity index (χ0n) is 19.4. The molecule has 0 radical (unpaired) electrons. The van der Waals surface area contributed by atoms with Crippen LogP contribution in [0.5, 0.6) is 5.75 Å². The third kappa shape index (κ3) is 5.28. The minimum absolute atomic E-state index is 0.276. The fourth-order valence-corrected chi connectivity index (χ4v) is 4.93. The molecule has 1 aromatic carbocycles. The van der Waals surface area contributed by atoms with Gasteiger partial charge in [-0.3, -0.25) is 4.79 Å². The number of anilines is 3. The zero-order chi connectivity index (χ0) is 23.5. The van der Waals surface area contributed by atoms with Crippen molar-refractivity contribution < 1.29 is 4.74 Å². The van der Waals surface area contributed by atoms with Gasteiger partial charge in [-0.05, 0) is 82.9 Å². The van der Waals surface area contributed by atoms with Gasteiger partial charge in [0.25, 0.3) is 5.56 Å². The van der Waals surface area contributed by atoms with E-state index < -0.39 is 0 Å². The molecule has 1 aliphatic heterocycles. The number of fused-ring (bicyclic) bond motifs is 1. The molecule has 0 atom stereocenters. The molecule has 2 fully saturated rings. The fourth-order valence-electron chi connectivity index (χ4n) is 4.74. The highest BCUT2D eigenvalue weighted by Crippen LogP contribution is 2.29. The first-order chi connectivity index (χ1) is 16.5. The minimum atomic E-state index is -0.287. The molecule has 1 saturated carbocycles. The van der Waals surface area contributed by atoms with Crippen LogP contribution in [0.4, 0.5) is 17.5 Å². The summed E-state index contributed by atoms with van der Waals surface area (Å²) < 4.78 is 6.14. The molecule has 0 bridgehead atoms. The lowest BCUT2D eigenvalue weighted by atomic mass is 9.98. The molecular formula is C25H31ClN6O2. The minimum Gasteiger partial charge on any atom is -0.490 e. The SMILES string of the molecule is CN1CCC(Nc2nc(Nc3ccc(OC4CCCCC4)cc3)c3c(=O)[nH]cc(Cl)c3n2)CC1. The van der Waals surface area contributed by atoms with Gasteiger partial charge in [0.1, 0.15) is 22.5 Å². The third-order valence-electron chi connectivity index (χ3n) is 6.72. The van der Waals surface area contributed by atoms with Crippen molar-refractivity contribution in [1.82, 2.24) is 19.9 Å². The van der Waals surface area contributed by atoms with Crippen LogP contribution in [-0.2, 0) is 0 Å². The summed E-state index contributed by atoms with van der Waals surface area (Å²) in [6, 6.07) is 8.06.